The number of carboxylic acids is 1. The number of nitrogens with zero attached hydrogens (tertiary/aromatic N) is 1. The van der Waals surface area contributed by atoms with Gasteiger partial charge in [0.2, 0.25) is 0 Å². The molecule has 2 fully saturated rings. The van der Waals surface area contributed by atoms with Crippen LogP contribution in [-0.4, -0.2) is 34.6 Å². The van der Waals surface area contributed by atoms with Crippen molar-refractivity contribution in [3.05, 3.63) is 0 Å². The van der Waals surface area contributed by atoms with Crippen LogP contribution in [0.2, 0.25) is 0 Å². The van der Waals surface area contributed by atoms with Gasteiger partial charge in [-0.05, 0) is 38.8 Å². The molecule has 1 N–H and O–H groups in total. The highest BCUT2D eigenvalue weighted by molar-refractivity contribution is 5.68. The van der Waals surface area contributed by atoms with Crippen molar-refractivity contribution in [3.8, 4) is 0 Å². The van der Waals surface area contributed by atoms with Gasteiger partial charge in [-0.3, -0.25) is 9.69 Å². The maximum atomic E-state index is 11.0. The van der Waals surface area contributed by atoms with E-state index in [4.69, 9.17) is 5.11 Å². The summed E-state index contributed by atoms with van der Waals surface area (Å²) < 4.78 is 0. The molecule has 2 rings (SSSR count). The van der Waals surface area contributed by atoms with Gasteiger partial charge in [-0.1, -0.05) is 19.3 Å². The molecule has 0 amide bonds. The van der Waals surface area contributed by atoms with Crippen LogP contribution < -0.4 is 0 Å². The fourth-order valence-corrected chi connectivity index (χ4v) is 3.29. The van der Waals surface area contributed by atoms with Gasteiger partial charge in [0.15, 0.2) is 0 Å². The highest BCUT2D eigenvalue weighted by atomic mass is 16.4. The van der Waals surface area contributed by atoms with E-state index in [2.05, 4.69) is 4.90 Å². The number of carboxylic acid groups (broad SMARTS) is 1. The van der Waals surface area contributed by atoms with Gasteiger partial charge in [0.05, 0.1) is 6.42 Å². The van der Waals surface area contributed by atoms with E-state index >= 15 is 0 Å². The average molecular weight is 211 g/mol. The Balaban J connectivity index is 2.08. The average Bonchev–Trinajstić information content (AvgIpc) is 2.71. The van der Waals surface area contributed by atoms with E-state index in [-0.39, 0.29) is 5.54 Å². The van der Waals surface area contributed by atoms with E-state index in [0.717, 1.165) is 25.9 Å². The lowest BCUT2D eigenvalue weighted by Gasteiger charge is -2.44. The standard InChI is InChI=1S/C12H21NO2/c14-11(15)10-12(6-2-1-3-7-12)13-8-4-5-9-13/h1-10H2,(H,14,15). The molecule has 0 aromatic heterocycles. The molecule has 1 saturated heterocycles. The van der Waals surface area contributed by atoms with Crippen LogP contribution in [0.5, 0.6) is 0 Å². The number of aliphatic carboxylic acids is 1. The Labute approximate surface area is 91.5 Å². The molecule has 15 heavy (non-hydrogen) atoms. The summed E-state index contributed by atoms with van der Waals surface area (Å²) in [5.41, 5.74) is 0.0145. The summed E-state index contributed by atoms with van der Waals surface area (Å²) in [5.74, 6) is -0.621. The second-order valence-electron chi connectivity index (χ2n) is 5.05. The first-order valence-corrected chi connectivity index (χ1v) is 6.20. The van der Waals surface area contributed by atoms with Crippen LogP contribution in [0.15, 0.2) is 0 Å². The van der Waals surface area contributed by atoms with Crippen molar-refractivity contribution in [2.45, 2.75) is 56.9 Å². The van der Waals surface area contributed by atoms with Gasteiger partial charge in [0, 0.05) is 5.54 Å². The summed E-state index contributed by atoms with van der Waals surface area (Å²) in [5, 5.41) is 9.06. The first-order chi connectivity index (χ1) is 7.23. The number of carbonyl (C=O) groups is 1. The van der Waals surface area contributed by atoms with Crippen LogP contribution in [0, 0.1) is 0 Å². The third kappa shape index (κ3) is 2.33. The topological polar surface area (TPSA) is 40.5 Å². The maximum absolute atomic E-state index is 11.0. The Morgan fingerprint density at radius 2 is 1.67 bits per heavy atom. The zero-order chi connectivity index (χ0) is 10.7. The number of hydrogen-bond acceptors (Lipinski definition) is 2. The van der Waals surface area contributed by atoms with Crippen LogP contribution in [0.25, 0.3) is 0 Å². The highest BCUT2D eigenvalue weighted by Crippen LogP contribution is 2.38. The van der Waals surface area contributed by atoms with Crippen molar-refractivity contribution >= 4 is 5.97 Å². The van der Waals surface area contributed by atoms with Gasteiger partial charge in [-0.15, -0.1) is 0 Å². The van der Waals surface area contributed by atoms with Gasteiger partial charge in [-0.2, -0.15) is 0 Å². The monoisotopic (exact) mass is 211 g/mol. The predicted octanol–water partition coefficient (Wildman–Crippen LogP) is 2.26. The third-order valence-corrected chi connectivity index (χ3v) is 4.04. The molecule has 0 atom stereocenters. The van der Waals surface area contributed by atoms with Crippen molar-refractivity contribution in [2.24, 2.45) is 0 Å². The molecule has 1 saturated carbocycles. The summed E-state index contributed by atoms with van der Waals surface area (Å²) >= 11 is 0. The zero-order valence-corrected chi connectivity index (χ0v) is 9.37. The fraction of sp³-hybridized carbons (Fsp3) is 0.917. The molecule has 3 nitrogen and oxygen atoms in total. The van der Waals surface area contributed by atoms with Crippen LogP contribution in [0.1, 0.15) is 51.4 Å². The molecule has 0 radical (unpaired) electrons. The maximum Gasteiger partial charge on any atom is 0.305 e. The van der Waals surface area contributed by atoms with Crippen molar-refractivity contribution in [1.29, 1.82) is 0 Å². The largest absolute Gasteiger partial charge is 0.481 e. The van der Waals surface area contributed by atoms with E-state index in [1.807, 2.05) is 0 Å². The van der Waals surface area contributed by atoms with E-state index in [0.29, 0.717) is 6.42 Å². The molecule has 1 aliphatic carbocycles. The van der Waals surface area contributed by atoms with Gasteiger partial charge >= 0.3 is 5.97 Å². The molecule has 1 heterocycles. The third-order valence-electron chi connectivity index (χ3n) is 4.04. The summed E-state index contributed by atoms with van der Waals surface area (Å²) in [6.07, 6.45) is 8.76. The molecule has 86 valence electrons. The lowest BCUT2D eigenvalue weighted by atomic mass is 9.78. The minimum Gasteiger partial charge on any atom is -0.481 e. The number of hydrogen-bond donors (Lipinski definition) is 1. The minimum atomic E-state index is -0.621. The number of likely N-dealkylation sites (tertiary alicyclic amines) is 1. The summed E-state index contributed by atoms with van der Waals surface area (Å²) in [6.45, 7) is 2.24. The van der Waals surface area contributed by atoms with Crippen LogP contribution in [-0.2, 0) is 4.79 Å². The Kier molecular flexibility index (Phi) is 3.29. The van der Waals surface area contributed by atoms with Crippen LogP contribution >= 0.6 is 0 Å². The van der Waals surface area contributed by atoms with Crippen molar-refractivity contribution < 1.29 is 9.90 Å². The quantitative estimate of drug-likeness (QED) is 0.778. The lowest BCUT2D eigenvalue weighted by Crippen LogP contribution is -2.50. The molecule has 0 aromatic carbocycles. The van der Waals surface area contributed by atoms with Crippen LogP contribution in [0.4, 0.5) is 0 Å². The second-order valence-corrected chi connectivity index (χ2v) is 5.05. The van der Waals surface area contributed by atoms with Crippen molar-refractivity contribution in [1.82, 2.24) is 4.90 Å². The Bertz CT molecular complexity index is 228. The molecule has 0 bridgehead atoms. The SMILES string of the molecule is O=C(O)CC1(N2CCCC2)CCCCC1. The fourth-order valence-electron chi connectivity index (χ4n) is 3.29. The molecule has 0 spiro atoms. The molecule has 0 unspecified atom stereocenters. The van der Waals surface area contributed by atoms with Gasteiger partial charge in [-0.25, -0.2) is 0 Å². The smallest absolute Gasteiger partial charge is 0.305 e. The normalized spacial score (nSPS) is 26.7. The molecule has 1 aliphatic heterocycles. The minimum absolute atomic E-state index is 0.0145. The first-order valence-electron chi connectivity index (χ1n) is 6.20. The molecule has 3 heteroatoms. The Morgan fingerprint density at radius 3 is 2.20 bits per heavy atom. The van der Waals surface area contributed by atoms with Gasteiger partial charge < -0.3 is 5.11 Å². The van der Waals surface area contributed by atoms with Crippen molar-refractivity contribution in [3.63, 3.8) is 0 Å². The van der Waals surface area contributed by atoms with E-state index in [1.54, 1.807) is 0 Å². The zero-order valence-electron chi connectivity index (χ0n) is 9.37. The Morgan fingerprint density at radius 1 is 1.07 bits per heavy atom. The lowest BCUT2D eigenvalue weighted by molar-refractivity contribution is -0.141. The summed E-state index contributed by atoms with van der Waals surface area (Å²) in [7, 11) is 0. The molecular weight excluding hydrogens is 190 g/mol. The predicted molar refractivity (Wildman–Crippen MR) is 58.9 cm³/mol. The number of rotatable bonds is 3. The van der Waals surface area contributed by atoms with Crippen LogP contribution in [0.3, 0.4) is 0 Å². The highest BCUT2D eigenvalue weighted by Gasteiger charge is 2.40. The van der Waals surface area contributed by atoms with Gasteiger partial charge in [0.1, 0.15) is 0 Å². The van der Waals surface area contributed by atoms with Gasteiger partial charge in [0.25, 0.3) is 0 Å². The van der Waals surface area contributed by atoms with E-state index in [9.17, 15) is 4.79 Å². The molecule has 0 aromatic rings. The first kappa shape index (κ1) is 10.9. The molecule has 2 aliphatic rings. The second kappa shape index (κ2) is 4.52. The molecular formula is C12H21NO2. The summed E-state index contributed by atoms with van der Waals surface area (Å²) in [6, 6.07) is 0. The van der Waals surface area contributed by atoms with E-state index in [1.165, 1.54) is 32.1 Å². The Hall–Kier alpha value is -0.570. The van der Waals surface area contributed by atoms with E-state index < -0.39 is 5.97 Å². The summed E-state index contributed by atoms with van der Waals surface area (Å²) in [4.78, 5) is 13.5. The van der Waals surface area contributed by atoms with Crippen molar-refractivity contribution in [2.75, 3.05) is 13.1 Å².